The smallest absolute Gasteiger partial charge is 0.328 e. The van der Waals surface area contributed by atoms with E-state index in [1.54, 1.807) is 6.92 Å². The molecule has 0 bridgehead atoms. The number of rotatable bonds is 3. The van der Waals surface area contributed by atoms with E-state index in [1.165, 1.54) is 4.90 Å². The van der Waals surface area contributed by atoms with Gasteiger partial charge in [0.05, 0.1) is 6.61 Å². The van der Waals surface area contributed by atoms with Gasteiger partial charge in [-0.15, -0.1) is 0 Å². The number of hydrogen-bond acceptors (Lipinski definition) is 4. The quantitative estimate of drug-likeness (QED) is 0.646. The Bertz CT molecular complexity index is 245. The Morgan fingerprint density at radius 1 is 1.71 bits per heavy atom. The number of carbonyl (C=O) groups is 2. The second-order valence-corrected chi connectivity index (χ2v) is 3.61. The van der Waals surface area contributed by atoms with Gasteiger partial charge in [0.25, 0.3) is 0 Å². The summed E-state index contributed by atoms with van der Waals surface area (Å²) in [5, 5.41) is 8.79. The molecule has 0 aliphatic carbocycles. The van der Waals surface area contributed by atoms with Gasteiger partial charge in [0.1, 0.15) is 6.73 Å². The summed E-state index contributed by atoms with van der Waals surface area (Å²) in [5.74, 6) is -1.12. The topological polar surface area (TPSA) is 66.8 Å². The lowest BCUT2D eigenvalue weighted by Gasteiger charge is -2.21. The molecule has 1 amide bonds. The van der Waals surface area contributed by atoms with Gasteiger partial charge in [0, 0.05) is 11.7 Å². The zero-order valence-corrected chi connectivity index (χ0v) is 8.74. The fourth-order valence-electron chi connectivity index (χ4n) is 1.23. The summed E-state index contributed by atoms with van der Waals surface area (Å²) in [7, 11) is 0. The van der Waals surface area contributed by atoms with Crippen molar-refractivity contribution >= 4 is 24.5 Å². The van der Waals surface area contributed by atoms with Crippen LogP contribution in [0.3, 0.4) is 0 Å². The lowest BCUT2D eigenvalue weighted by atomic mass is 10.1. The summed E-state index contributed by atoms with van der Waals surface area (Å²) in [5.41, 5.74) is 0. The summed E-state index contributed by atoms with van der Waals surface area (Å²) in [6.45, 7) is 1.85. The normalized spacial score (nSPS) is 23.6. The number of thiol groups is 1. The summed E-state index contributed by atoms with van der Waals surface area (Å²) >= 11 is 3.99. The number of aliphatic carboxylic acids is 1. The largest absolute Gasteiger partial charge is 0.480 e. The molecule has 1 aliphatic heterocycles. The first-order chi connectivity index (χ1) is 6.57. The number of nitrogens with zero attached hydrogens (tertiary/aromatic N) is 1. The van der Waals surface area contributed by atoms with Crippen LogP contribution in [0.4, 0.5) is 0 Å². The highest BCUT2D eigenvalue weighted by atomic mass is 32.1. The fraction of sp³-hybridized carbons (Fsp3) is 0.750. The van der Waals surface area contributed by atoms with Crippen molar-refractivity contribution in [3.63, 3.8) is 0 Å². The highest BCUT2D eigenvalue weighted by molar-refractivity contribution is 7.80. The first kappa shape index (κ1) is 11.3. The maximum absolute atomic E-state index is 11.6. The Hall–Kier alpha value is -0.750. The van der Waals surface area contributed by atoms with Crippen LogP contribution < -0.4 is 0 Å². The molecule has 0 aromatic carbocycles. The van der Waals surface area contributed by atoms with Crippen LogP contribution in [0, 0.1) is 5.92 Å². The minimum Gasteiger partial charge on any atom is -0.480 e. The minimum absolute atomic E-state index is 0.0634. The van der Waals surface area contributed by atoms with Crippen LogP contribution in [0.2, 0.25) is 0 Å². The fourth-order valence-corrected chi connectivity index (χ4v) is 1.38. The van der Waals surface area contributed by atoms with Crippen molar-refractivity contribution in [2.75, 3.05) is 19.1 Å². The van der Waals surface area contributed by atoms with E-state index in [9.17, 15) is 9.59 Å². The predicted octanol–water partition coefficient (Wildman–Crippen LogP) is -0.178. The molecule has 1 aliphatic rings. The molecule has 0 spiro atoms. The third-order valence-electron chi connectivity index (χ3n) is 2.15. The van der Waals surface area contributed by atoms with Crippen LogP contribution in [0.25, 0.3) is 0 Å². The van der Waals surface area contributed by atoms with Crippen molar-refractivity contribution in [3.05, 3.63) is 0 Å². The number of amides is 1. The highest BCUT2D eigenvalue weighted by Crippen LogP contribution is 2.14. The second kappa shape index (κ2) is 4.65. The molecular formula is C8H13NO4S. The van der Waals surface area contributed by atoms with Crippen LogP contribution >= 0.6 is 12.6 Å². The number of hydrogen-bond donors (Lipinski definition) is 2. The second-order valence-electron chi connectivity index (χ2n) is 3.25. The van der Waals surface area contributed by atoms with Crippen LogP contribution in [0.15, 0.2) is 0 Å². The molecule has 2 atom stereocenters. The summed E-state index contributed by atoms with van der Waals surface area (Å²) in [4.78, 5) is 23.6. The van der Waals surface area contributed by atoms with Gasteiger partial charge in [-0.25, -0.2) is 4.79 Å². The van der Waals surface area contributed by atoms with Gasteiger partial charge in [-0.2, -0.15) is 12.6 Å². The predicted molar refractivity (Wildman–Crippen MR) is 52.1 cm³/mol. The molecule has 1 heterocycles. The highest BCUT2D eigenvalue weighted by Gasteiger charge is 2.36. The van der Waals surface area contributed by atoms with Crippen molar-refractivity contribution in [1.29, 1.82) is 0 Å². The van der Waals surface area contributed by atoms with E-state index in [-0.39, 0.29) is 25.2 Å². The summed E-state index contributed by atoms with van der Waals surface area (Å²) < 4.78 is 4.95. The van der Waals surface area contributed by atoms with Crippen molar-refractivity contribution in [1.82, 2.24) is 4.90 Å². The molecule has 14 heavy (non-hydrogen) atoms. The number of carboxylic acid groups (broad SMARTS) is 1. The van der Waals surface area contributed by atoms with E-state index in [4.69, 9.17) is 9.84 Å². The van der Waals surface area contributed by atoms with E-state index in [0.717, 1.165) is 0 Å². The average molecular weight is 219 g/mol. The number of carbonyl (C=O) groups excluding carboxylic acids is 1. The molecule has 2 unspecified atom stereocenters. The van der Waals surface area contributed by atoms with Crippen molar-refractivity contribution < 1.29 is 19.4 Å². The molecule has 80 valence electrons. The van der Waals surface area contributed by atoms with Crippen LogP contribution in [-0.4, -0.2) is 47.0 Å². The van der Waals surface area contributed by atoms with E-state index in [1.807, 2.05) is 0 Å². The van der Waals surface area contributed by atoms with Gasteiger partial charge in [-0.05, 0) is 0 Å². The molecule has 1 N–H and O–H groups in total. The molecule has 1 rings (SSSR count). The molecule has 5 nitrogen and oxygen atoms in total. The number of carboxylic acids is 1. The van der Waals surface area contributed by atoms with Crippen molar-refractivity contribution in [2.45, 2.75) is 13.0 Å². The summed E-state index contributed by atoms with van der Waals surface area (Å²) in [6, 6.07) is -0.843. The Morgan fingerprint density at radius 3 is 2.86 bits per heavy atom. The van der Waals surface area contributed by atoms with E-state index < -0.39 is 12.0 Å². The average Bonchev–Trinajstić information content (AvgIpc) is 2.63. The molecule has 6 heteroatoms. The van der Waals surface area contributed by atoms with E-state index >= 15 is 0 Å². The van der Waals surface area contributed by atoms with Crippen LogP contribution in [0.5, 0.6) is 0 Å². The van der Waals surface area contributed by atoms with Gasteiger partial charge in [0.2, 0.25) is 5.91 Å². The molecule has 1 saturated heterocycles. The van der Waals surface area contributed by atoms with Crippen molar-refractivity contribution in [2.24, 2.45) is 5.92 Å². The minimum atomic E-state index is -1.03. The SMILES string of the molecule is CC(CS)C(=O)N1COCC1C(=O)O. The molecule has 0 radical (unpaired) electrons. The lowest BCUT2D eigenvalue weighted by Crippen LogP contribution is -2.44. The van der Waals surface area contributed by atoms with Gasteiger partial charge >= 0.3 is 5.97 Å². The monoisotopic (exact) mass is 219 g/mol. The lowest BCUT2D eigenvalue weighted by molar-refractivity contribution is -0.149. The first-order valence-electron chi connectivity index (χ1n) is 4.29. The zero-order chi connectivity index (χ0) is 10.7. The van der Waals surface area contributed by atoms with Gasteiger partial charge in [-0.1, -0.05) is 6.92 Å². The van der Waals surface area contributed by atoms with E-state index in [0.29, 0.717) is 5.75 Å². The standard InChI is InChI=1S/C8H13NO4S/c1-5(3-14)7(10)9-4-13-2-6(9)8(11)12/h5-6,14H,2-4H2,1H3,(H,11,12). The molecule has 0 aromatic heterocycles. The van der Waals surface area contributed by atoms with Crippen LogP contribution in [0.1, 0.15) is 6.92 Å². The molecule has 0 saturated carbocycles. The molecular weight excluding hydrogens is 206 g/mol. The summed E-state index contributed by atoms with van der Waals surface area (Å²) in [6.07, 6.45) is 0. The van der Waals surface area contributed by atoms with Gasteiger partial charge in [0.15, 0.2) is 6.04 Å². The van der Waals surface area contributed by atoms with Crippen LogP contribution in [-0.2, 0) is 14.3 Å². The third kappa shape index (κ3) is 2.19. The van der Waals surface area contributed by atoms with E-state index in [2.05, 4.69) is 12.6 Å². The maximum atomic E-state index is 11.6. The van der Waals surface area contributed by atoms with Gasteiger partial charge < -0.3 is 14.7 Å². The first-order valence-corrected chi connectivity index (χ1v) is 4.93. The Kier molecular flexibility index (Phi) is 3.77. The Labute approximate surface area is 87.4 Å². The number of ether oxygens (including phenoxy) is 1. The third-order valence-corrected chi connectivity index (χ3v) is 2.69. The Balaban J connectivity index is 2.67. The maximum Gasteiger partial charge on any atom is 0.328 e. The van der Waals surface area contributed by atoms with Crippen molar-refractivity contribution in [3.8, 4) is 0 Å². The Morgan fingerprint density at radius 2 is 2.36 bits per heavy atom. The molecule has 0 aromatic rings. The van der Waals surface area contributed by atoms with Gasteiger partial charge in [-0.3, -0.25) is 4.79 Å². The zero-order valence-electron chi connectivity index (χ0n) is 7.84. The molecule has 1 fully saturated rings.